The van der Waals surface area contributed by atoms with E-state index in [9.17, 15) is 8.42 Å². The van der Waals surface area contributed by atoms with Crippen LogP contribution < -0.4 is 5.32 Å². The van der Waals surface area contributed by atoms with Gasteiger partial charge in [-0.05, 0) is 58.8 Å². The molecule has 0 spiro atoms. The highest BCUT2D eigenvalue weighted by molar-refractivity contribution is 7.91. The van der Waals surface area contributed by atoms with Gasteiger partial charge in [0.05, 0.1) is 23.2 Å². The van der Waals surface area contributed by atoms with E-state index in [0.29, 0.717) is 30.2 Å². The minimum Gasteiger partial charge on any atom is -0.372 e. The highest BCUT2D eigenvalue weighted by Gasteiger charge is 2.31. The molecule has 0 radical (unpaired) electrons. The standard InChI is InChI=1S/C18H33N3O3S/c1-18(2,3)24-16-6-9-21(10-7-16)17(20-15-4-5-15)19-12-14-8-11-25(22,23)13-14/h14-16H,4-13H2,1-3H3,(H,19,20). The predicted molar refractivity (Wildman–Crippen MR) is 101 cm³/mol. The molecule has 25 heavy (non-hydrogen) atoms. The van der Waals surface area contributed by atoms with E-state index in [1.807, 2.05) is 0 Å². The zero-order chi connectivity index (χ0) is 18.1. The fourth-order valence-electron chi connectivity index (χ4n) is 3.56. The summed E-state index contributed by atoms with van der Waals surface area (Å²) in [5.74, 6) is 1.78. The van der Waals surface area contributed by atoms with E-state index in [-0.39, 0.29) is 11.5 Å². The highest BCUT2D eigenvalue weighted by atomic mass is 32.2. The SMILES string of the molecule is CC(C)(C)OC1CCN(C(=NCC2CCS(=O)(=O)C2)NC2CC2)CC1. The first-order chi connectivity index (χ1) is 11.7. The van der Waals surface area contributed by atoms with Crippen LogP contribution in [0.4, 0.5) is 0 Å². The number of hydrogen-bond acceptors (Lipinski definition) is 4. The number of likely N-dealkylation sites (tertiary alicyclic amines) is 1. The van der Waals surface area contributed by atoms with E-state index >= 15 is 0 Å². The Labute approximate surface area is 152 Å². The lowest BCUT2D eigenvalue weighted by Gasteiger charge is -2.37. The molecule has 2 saturated heterocycles. The molecule has 1 atom stereocenters. The monoisotopic (exact) mass is 371 g/mol. The van der Waals surface area contributed by atoms with E-state index in [1.165, 1.54) is 12.8 Å². The number of sulfone groups is 1. The van der Waals surface area contributed by atoms with Gasteiger partial charge in [-0.15, -0.1) is 0 Å². The second-order valence-corrected chi connectivity index (χ2v) is 11.0. The molecule has 3 aliphatic rings. The Morgan fingerprint density at radius 2 is 1.84 bits per heavy atom. The van der Waals surface area contributed by atoms with E-state index in [0.717, 1.165) is 38.3 Å². The van der Waals surface area contributed by atoms with Gasteiger partial charge in [-0.1, -0.05) is 0 Å². The van der Waals surface area contributed by atoms with Gasteiger partial charge in [0.15, 0.2) is 15.8 Å². The molecule has 1 N–H and O–H groups in total. The number of piperidine rings is 1. The van der Waals surface area contributed by atoms with E-state index < -0.39 is 9.84 Å². The lowest BCUT2D eigenvalue weighted by molar-refractivity contribution is -0.0773. The smallest absolute Gasteiger partial charge is 0.194 e. The summed E-state index contributed by atoms with van der Waals surface area (Å²) < 4.78 is 29.4. The first-order valence-corrected chi connectivity index (χ1v) is 11.5. The maximum absolute atomic E-state index is 11.6. The van der Waals surface area contributed by atoms with Crippen molar-refractivity contribution < 1.29 is 13.2 Å². The average molecular weight is 372 g/mol. The fourth-order valence-corrected chi connectivity index (χ4v) is 5.41. The van der Waals surface area contributed by atoms with Crippen molar-refractivity contribution >= 4 is 15.8 Å². The van der Waals surface area contributed by atoms with Gasteiger partial charge in [-0.2, -0.15) is 0 Å². The van der Waals surface area contributed by atoms with Gasteiger partial charge >= 0.3 is 0 Å². The van der Waals surface area contributed by atoms with Crippen LogP contribution in [0.5, 0.6) is 0 Å². The van der Waals surface area contributed by atoms with Gasteiger partial charge in [0.25, 0.3) is 0 Å². The van der Waals surface area contributed by atoms with Crippen LogP contribution in [0.3, 0.4) is 0 Å². The molecule has 144 valence electrons. The van der Waals surface area contributed by atoms with Gasteiger partial charge in [0, 0.05) is 25.7 Å². The molecule has 1 unspecified atom stereocenters. The van der Waals surface area contributed by atoms with Crippen LogP contribution in [-0.2, 0) is 14.6 Å². The molecule has 0 aromatic carbocycles. The van der Waals surface area contributed by atoms with Crippen molar-refractivity contribution in [3.8, 4) is 0 Å². The number of nitrogens with zero attached hydrogens (tertiary/aromatic N) is 2. The topological polar surface area (TPSA) is 71.0 Å². The van der Waals surface area contributed by atoms with Crippen LogP contribution in [0.15, 0.2) is 4.99 Å². The summed E-state index contributed by atoms with van der Waals surface area (Å²) in [6.07, 6.45) is 5.52. The number of nitrogens with one attached hydrogen (secondary N) is 1. The average Bonchev–Trinajstić information content (AvgIpc) is 3.25. The Morgan fingerprint density at radius 1 is 1.16 bits per heavy atom. The van der Waals surface area contributed by atoms with Crippen LogP contribution in [0.2, 0.25) is 0 Å². The third-order valence-electron chi connectivity index (χ3n) is 5.00. The molecule has 0 amide bonds. The van der Waals surface area contributed by atoms with Gasteiger partial charge in [0.2, 0.25) is 0 Å². The summed E-state index contributed by atoms with van der Waals surface area (Å²) in [5, 5.41) is 3.55. The lowest BCUT2D eigenvalue weighted by Crippen LogP contribution is -2.48. The molecule has 3 fully saturated rings. The zero-order valence-corrected chi connectivity index (χ0v) is 16.6. The number of ether oxygens (including phenoxy) is 1. The van der Waals surface area contributed by atoms with Crippen molar-refractivity contribution in [3.63, 3.8) is 0 Å². The van der Waals surface area contributed by atoms with Crippen molar-refractivity contribution in [1.29, 1.82) is 0 Å². The molecular weight excluding hydrogens is 338 g/mol. The molecule has 7 heteroatoms. The molecular formula is C18H33N3O3S. The molecule has 3 rings (SSSR count). The normalized spacial score (nSPS) is 28.4. The largest absolute Gasteiger partial charge is 0.372 e. The van der Waals surface area contributed by atoms with Crippen molar-refractivity contribution in [2.45, 2.75) is 70.6 Å². The molecule has 6 nitrogen and oxygen atoms in total. The third kappa shape index (κ3) is 6.13. The maximum Gasteiger partial charge on any atom is 0.194 e. The number of aliphatic imine (C=N–C) groups is 1. The van der Waals surface area contributed by atoms with E-state index in [4.69, 9.17) is 9.73 Å². The third-order valence-corrected chi connectivity index (χ3v) is 6.84. The Kier molecular flexibility index (Phi) is 5.63. The summed E-state index contributed by atoms with van der Waals surface area (Å²) in [6.45, 7) is 8.83. The number of rotatable bonds is 4. The fraction of sp³-hybridized carbons (Fsp3) is 0.944. The van der Waals surface area contributed by atoms with Crippen molar-refractivity contribution in [2.24, 2.45) is 10.9 Å². The van der Waals surface area contributed by atoms with Crippen LogP contribution in [0.25, 0.3) is 0 Å². The second-order valence-electron chi connectivity index (χ2n) is 8.77. The Morgan fingerprint density at radius 3 is 2.36 bits per heavy atom. The van der Waals surface area contributed by atoms with Gasteiger partial charge in [-0.3, -0.25) is 4.99 Å². The number of hydrogen-bond donors (Lipinski definition) is 1. The summed E-state index contributed by atoms with van der Waals surface area (Å²) in [5.41, 5.74) is -0.0933. The van der Waals surface area contributed by atoms with Gasteiger partial charge < -0.3 is 15.0 Å². The summed E-state index contributed by atoms with van der Waals surface area (Å²) >= 11 is 0. The van der Waals surface area contributed by atoms with Crippen molar-refractivity contribution in [1.82, 2.24) is 10.2 Å². The van der Waals surface area contributed by atoms with Crippen LogP contribution in [0, 0.1) is 5.92 Å². The second kappa shape index (κ2) is 7.43. The molecule has 0 aromatic heterocycles. The Hall–Kier alpha value is -0.820. The molecule has 1 saturated carbocycles. The predicted octanol–water partition coefficient (Wildman–Crippen LogP) is 1.81. The molecule has 2 heterocycles. The number of guanidine groups is 1. The summed E-state index contributed by atoms with van der Waals surface area (Å²) in [4.78, 5) is 7.12. The summed E-state index contributed by atoms with van der Waals surface area (Å²) in [7, 11) is -2.82. The van der Waals surface area contributed by atoms with Crippen LogP contribution in [-0.4, -0.2) is 68.2 Å². The first-order valence-electron chi connectivity index (χ1n) is 9.64. The van der Waals surface area contributed by atoms with Gasteiger partial charge in [0.1, 0.15) is 0 Å². The highest BCUT2D eigenvalue weighted by Crippen LogP contribution is 2.23. The molecule has 0 aromatic rings. The summed E-state index contributed by atoms with van der Waals surface area (Å²) in [6, 6.07) is 0.551. The van der Waals surface area contributed by atoms with Gasteiger partial charge in [-0.25, -0.2) is 8.42 Å². The van der Waals surface area contributed by atoms with Crippen molar-refractivity contribution in [3.05, 3.63) is 0 Å². The van der Waals surface area contributed by atoms with Crippen LogP contribution in [0.1, 0.15) is 52.9 Å². The first kappa shape index (κ1) is 19.0. The van der Waals surface area contributed by atoms with Crippen LogP contribution >= 0.6 is 0 Å². The quantitative estimate of drug-likeness (QED) is 0.603. The molecule has 2 aliphatic heterocycles. The molecule has 0 bridgehead atoms. The van der Waals surface area contributed by atoms with E-state index in [2.05, 4.69) is 31.0 Å². The zero-order valence-electron chi connectivity index (χ0n) is 15.8. The van der Waals surface area contributed by atoms with E-state index in [1.54, 1.807) is 0 Å². The minimum atomic E-state index is -2.82. The molecule has 1 aliphatic carbocycles. The Balaban J connectivity index is 1.55. The minimum absolute atomic E-state index is 0.0933. The maximum atomic E-state index is 11.6. The van der Waals surface area contributed by atoms with Crippen molar-refractivity contribution in [2.75, 3.05) is 31.1 Å². The Bertz CT molecular complexity index is 585. The lowest BCUT2D eigenvalue weighted by atomic mass is 10.1.